The molecular formula is C16H20O3S. The molecule has 1 unspecified atom stereocenters. The fourth-order valence-corrected chi connectivity index (χ4v) is 2.71. The summed E-state index contributed by atoms with van der Waals surface area (Å²) >= 11 is 1.64. The van der Waals surface area contributed by atoms with E-state index in [1.165, 1.54) is 0 Å². The van der Waals surface area contributed by atoms with Crippen LogP contribution in [0.3, 0.4) is 0 Å². The Kier molecular flexibility index (Phi) is 5.44. The highest BCUT2D eigenvalue weighted by molar-refractivity contribution is 7.07. The zero-order valence-corrected chi connectivity index (χ0v) is 12.7. The van der Waals surface area contributed by atoms with E-state index in [-0.39, 0.29) is 0 Å². The first-order valence-electron chi connectivity index (χ1n) is 6.83. The van der Waals surface area contributed by atoms with Crippen molar-refractivity contribution in [1.82, 2.24) is 0 Å². The van der Waals surface area contributed by atoms with Crippen molar-refractivity contribution in [2.45, 2.75) is 26.4 Å². The van der Waals surface area contributed by atoms with Crippen molar-refractivity contribution in [3.05, 3.63) is 46.2 Å². The molecule has 0 aliphatic carbocycles. The molecule has 0 saturated carbocycles. The number of thiophene rings is 1. The Morgan fingerprint density at radius 2 is 1.85 bits per heavy atom. The minimum atomic E-state index is -0.528. The maximum absolute atomic E-state index is 10.3. The highest BCUT2D eigenvalue weighted by atomic mass is 32.1. The number of aliphatic hydroxyl groups is 1. The molecule has 1 aromatic carbocycles. The molecule has 20 heavy (non-hydrogen) atoms. The fourth-order valence-electron chi connectivity index (χ4n) is 2.02. The highest BCUT2D eigenvalue weighted by Gasteiger charge is 2.13. The van der Waals surface area contributed by atoms with E-state index in [1.54, 1.807) is 11.3 Å². The number of benzene rings is 1. The molecule has 0 saturated heterocycles. The molecule has 1 atom stereocenters. The maximum Gasteiger partial charge on any atom is 0.161 e. The Morgan fingerprint density at radius 1 is 1.10 bits per heavy atom. The third-order valence-corrected chi connectivity index (χ3v) is 3.69. The second-order valence-electron chi connectivity index (χ2n) is 4.42. The van der Waals surface area contributed by atoms with Crippen LogP contribution < -0.4 is 9.47 Å². The van der Waals surface area contributed by atoms with Gasteiger partial charge in [0.05, 0.1) is 19.3 Å². The monoisotopic (exact) mass is 292 g/mol. The lowest BCUT2D eigenvalue weighted by molar-refractivity contribution is 0.177. The summed E-state index contributed by atoms with van der Waals surface area (Å²) in [4.78, 5) is 0. The van der Waals surface area contributed by atoms with Gasteiger partial charge in [0.25, 0.3) is 0 Å². The molecule has 0 aliphatic rings. The molecule has 3 nitrogen and oxygen atoms in total. The van der Waals surface area contributed by atoms with Gasteiger partial charge in [-0.2, -0.15) is 11.3 Å². The van der Waals surface area contributed by atoms with Gasteiger partial charge in [0.1, 0.15) is 0 Å². The number of hydrogen-bond acceptors (Lipinski definition) is 4. The third kappa shape index (κ3) is 3.74. The van der Waals surface area contributed by atoms with Crippen molar-refractivity contribution in [1.29, 1.82) is 0 Å². The molecule has 0 aliphatic heterocycles. The molecule has 2 aromatic rings. The van der Waals surface area contributed by atoms with E-state index in [1.807, 2.05) is 43.5 Å². The lowest BCUT2D eigenvalue weighted by Gasteiger charge is -2.15. The smallest absolute Gasteiger partial charge is 0.161 e. The molecule has 0 spiro atoms. The molecular weight excluding hydrogens is 272 g/mol. The van der Waals surface area contributed by atoms with Crippen LogP contribution >= 0.6 is 11.3 Å². The van der Waals surface area contributed by atoms with E-state index in [0.29, 0.717) is 25.4 Å². The van der Waals surface area contributed by atoms with Crippen molar-refractivity contribution in [2.24, 2.45) is 0 Å². The maximum atomic E-state index is 10.3. The van der Waals surface area contributed by atoms with Crippen LogP contribution in [0.2, 0.25) is 0 Å². The minimum absolute atomic E-state index is 0.528. The molecule has 0 bridgehead atoms. The first kappa shape index (κ1) is 14.9. The summed E-state index contributed by atoms with van der Waals surface area (Å²) in [7, 11) is 0. The summed E-state index contributed by atoms with van der Waals surface area (Å²) < 4.78 is 11.1. The van der Waals surface area contributed by atoms with Crippen molar-refractivity contribution < 1.29 is 14.6 Å². The molecule has 108 valence electrons. The molecule has 1 N–H and O–H groups in total. The summed E-state index contributed by atoms with van der Waals surface area (Å²) in [5.41, 5.74) is 2.00. The van der Waals surface area contributed by atoms with Crippen LogP contribution in [0.15, 0.2) is 35.0 Å². The van der Waals surface area contributed by atoms with E-state index in [4.69, 9.17) is 9.47 Å². The van der Waals surface area contributed by atoms with Gasteiger partial charge in [0, 0.05) is 6.42 Å². The van der Waals surface area contributed by atoms with Gasteiger partial charge in [-0.25, -0.2) is 0 Å². The molecule has 0 fully saturated rings. The molecule has 1 aromatic heterocycles. The van der Waals surface area contributed by atoms with Gasteiger partial charge in [-0.3, -0.25) is 0 Å². The number of hydrogen-bond donors (Lipinski definition) is 1. The molecule has 1 heterocycles. The van der Waals surface area contributed by atoms with E-state index < -0.39 is 6.10 Å². The SMILES string of the molecule is CCOc1ccc(C(O)Cc2ccsc2)cc1OCC. The van der Waals surface area contributed by atoms with Crippen molar-refractivity contribution in [2.75, 3.05) is 13.2 Å². The topological polar surface area (TPSA) is 38.7 Å². The van der Waals surface area contributed by atoms with Gasteiger partial charge in [0.15, 0.2) is 11.5 Å². The summed E-state index contributed by atoms with van der Waals surface area (Å²) in [6, 6.07) is 7.66. The van der Waals surface area contributed by atoms with E-state index >= 15 is 0 Å². The van der Waals surface area contributed by atoms with Gasteiger partial charge in [0.2, 0.25) is 0 Å². The predicted molar refractivity (Wildman–Crippen MR) is 81.8 cm³/mol. The Labute approximate surface area is 123 Å². The van der Waals surface area contributed by atoms with Gasteiger partial charge < -0.3 is 14.6 Å². The third-order valence-electron chi connectivity index (χ3n) is 2.96. The first-order chi connectivity index (χ1) is 9.74. The van der Waals surface area contributed by atoms with Crippen molar-refractivity contribution in [3.63, 3.8) is 0 Å². The van der Waals surface area contributed by atoms with Crippen LogP contribution in [0.4, 0.5) is 0 Å². The second-order valence-corrected chi connectivity index (χ2v) is 5.20. The first-order valence-corrected chi connectivity index (χ1v) is 7.77. The van der Waals surface area contributed by atoms with Gasteiger partial charge in [-0.1, -0.05) is 6.07 Å². The normalized spacial score (nSPS) is 12.2. The standard InChI is InChI=1S/C16H20O3S/c1-3-18-15-6-5-13(10-16(15)19-4-2)14(17)9-12-7-8-20-11-12/h5-8,10-11,14,17H,3-4,9H2,1-2H3. The van der Waals surface area contributed by atoms with Crippen LogP contribution in [-0.4, -0.2) is 18.3 Å². The van der Waals surface area contributed by atoms with Gasteiger partial charge in [-0.15, -0.1) is 0 Å². The number of rotatable bonds is 7. The fraction of sp³-hybridized carbons (Fsp3) is 0.375. The van der Waals surface area contributed by atoms with E-state index in [9.17, 15) is 5.11 Å². The van der Waals surface area contributed by atoms with Gasteiger partial charge >= 0.3 is 0 Å². The van der Waals surface area contributed by atoms with E-state index in [2.05, 4.69) is 5.38 Å². The highest BCUT2D eigenvalue weighted by Crippen LogP contribution is 2.31. The lowest BCUT2D eigenvalue weighted by atomic mass is 10.0. The van der Waals surface area contributed by atoms with E-state index in [0.717, 1.165) is 16.9 Å². The number of ether oxygens (including phenoxy) is 2. The summed E-state index contributed by atoms with van der Waals surface area (Å²) in [5, 5.41) is 14.4. The van der Waals surface area contributed by atoms with Crippen LogP contribution in [0.5, 0.6) is 11.5 Å². The summed E-state index contributed by atoms with van der Waals surface area (Å²) in [6.07, 6.45) is 0.0859. The van der Waals surface area contributed by atoms with Crippen LogP contribution in [0.1, 0.15) is 31.1 Å². The van der Waals surface area contributed by atoms with Crippen LogP contribution in [0, 0.1) is 0 Å². The van der Waals surface area contributed by atoms with Crippen LogP contribution in [0.25, 0.3) is 0 Å². The Morgan fingerprint density at radius 3 is 2.50 bits per heavy atom. The largest absolute Gasteiger partial charge is 0.490 e. The molecule has 4 heteroatoms. The Bertz CT molecular complexity index is 523. The second kappa shape index (κ2) is 7.31. The average Bonchev–Trinajstić information content (AvgIpc) is 2.94. The lowest BCUT2D eigenvalue weighted by Crippen LogP contribution is -2.04. The number of aliphatic hydroxyl groups excluding tert-OH is 1. The Balaban J connectivity index is 2.16. The summed E-state index contributed by atoms with van der Waals surface area (Å²) in [6.45, 7) is 5.04. The Hall–Kier alpha value is -1.52. The van der Waals surface area contributed by atoms with Gasteiger partial charge in [-0.05, 0) is 53.9 Å². The van der Waals surface area contributed by atoms with Crippen molar-refractivity contribution >= 4 is 11.3 Å². The minimum Gasteiger partial charge on any atom is -0.490 e. The molecule has 0 radical (unpaired) electrons. The average molecular weight is 292 g/mol. The molecule has 0 amide bonds. The summed E-state index contributed by atoms with van der Waals surface area (Å²) in [5.74, 6) is 1.41. The quantitative estimate of drug-likeness (QED) is 0.843. The zero-order chi connectivity index (χ0) is 14.4. The van der Waals surface area contributed by atoms with Crippen LogP contribution in [-0.2, 0) is 6.42 Å². The zero-order valence-electron chi connectivity index (χ0n) is 11.8. The van der Waals surface area contributed by atoms with Crippen molar-refractivity contribution in [3.8, 4) is 11.5 Å². The predicted octanol–water partition coefficient (Wildman–Crippen LogP) is 3.82. The molecule has 2 rings (SSSR count).